The number of hydrogen-bond acceptors (Lipinski definition) is 2. The van der Waals surface area contributed by atoms with Crippen LogP contribution < -0.4 is 5.73 Å². The third kappa shape index (κ3) is 1.46. The second-order valence-electron chi connectivity index (χ2n) is 5.13. The lowest BCUT2D eigenvalue weighted by atomic mass is 9.93. The summed E-state index contributed by atoms with van der Waals surface area (Å²) >= 11 is 0. The van der Waals surface area contributed by atoms with Gasteiger partial charge in [-0.15, -0.1) is 0 Å². The molecule has 1 aromatic heterocycles. The summed E-state index contributed by atoms with van der Waals surface area (Å²) in [6.45, 7) is 6.54. The van der Waals surface area contributed by atoms with Gasteiger partial charge in [0.05, 0.1) is 11.7 Å². The first-order valence-electron chi connectivity index (χ1n) is 5.33. The Balaban J connectivity index is 2.46. The maximum Gasteiger partial charge on any atom is 0.0546 e. The van der Waals surface area contributed by atoms with Gasteiger partial charge in [-0.05, 0) is 40.0 Å². The molecule has 1 heterocycles. The molecule has 0 radical (unpaired) electrons. The first-order valence-corrected chi connectivity index (χ1v) is 5.33. The molecule has 78 valence electrons. The highest BCUT2D eigenvalue weighted by molar-refractivity contribution is 5.25. The van der Waals surface area contributed by atoms with Gasteiger partial charge in [-0.25, -0.2) is 0 Å². The molecule has 0 saturated heterocycles. The van der Waals surface area contributed by atoms with E-state index in [0.717, 1.165) is 12.8 Å². The van der Waals surface area contributed by atoms with Crippen LogP contribution in [-0.2, 0) is 12.0 Å². The SMILES string of the molecule is CC(C)(C)n1ncc2c1CCC[C@@H]2N. The molecule has 0 unspecified atom stereocenters. The lowest BCUT2D eigenvalue weighted by molar-refractivity contribution is 0.337. The zero-order chi connectivity index (χ0) is 10.3. The van der Waals surface area contributed by atoms with Gasteiger partial charge in [-0.3, -0.25) is 4.68 Å². The predicted octanol–water partition coefficient (Wildman–Crippen LogP) is 1.97. The number of nitrogens with two attached hydrogens (primary N) is 1. The summed E-state index contributed by atoms with van der Waals surface area (Å²) in [6, 6.07) is 0.204. The molecule has 0 aromatic carbocycles. The molecule has 1 aliphatic carbocycles. The monoisotopic (exact) mass is 193 g/mol. The van der Waals surface area contributed by atoms with Gasteiger partial charge >= 0.3 is 0 Å². The first-order chi connectivity index (χ1) is 6.50. The molecular formula is C11H19N3. The number of fused-ring (bicyclic) bond motifs is 1. The van der Waals surface area contributed by atoms with Crippen LogP contribution in [0.15, 0.2) is 6.20 Å². The van der Waals surface area contributed by atoms with E-state index >= 15 is 0 Å². The molecule has 0 aliphatic heterocycles. The van der Waals surface area contributed by atoms with Gasteiger partial charge in [-0.1, -0.05) is 0 Å². The standard InChI is InChI=1S/C11H19N3/c1-11(2,3)14-10-6-4-5-9(12)8(10)7-13-14/h7,9H,4-6,12H2,1-3H3/t9-/m0/s1. The van der Waals surface area contributed by atoms with Crippen molar-refractivity contribution in [1.82, 2.24) is 9.78 Å². The average Bonchev–Trinajstić information content (AvgIpc) is 2.47. The Hall–Kier alpha value is -0.830. The van der Waals surface area contributed by atoms with Crippen molar-refractivity contribution in [2.75, 3.05) is 0 Å². The first kappa shape index (κ1) is 9.71. The Morgan fingerprint density at radius 1 is 1.50 bits per heavy atom. The van der Waals surface area contributed by atoms with Crippen molar-refractivity contribution in [2.24, 2.45) is 5.73 Å². The van der Waals surface area contributed by atoms with Crippen molar-refractivity contribution in [3.8, 4) is 0 Å². The van der Waals surface area contributed by atoms with Crippen molar-refractivity contribution in [2.45, 2.75) is 51.6 Å². The largest absolute Gasteiger partial charge is 0.324 e. The highest BCUT2D eigenvalue weighted by Gasteiger charge is 2.25. The van der Waals surface area contributed by atoms with Crippen LogP contribution in [0.1, 0.15) is 50.9 Å². The van der Waals surface area contributed by atoms with E-state index < -0.39 is 0 Å². The van der Waals surface area contributed by atoms with Crippen LogP contribution >= 0.6 is 0 Å². The molecule has 0 saturated carbocycles. The summed E-state index contributed by atoms with van der Waals surface area (Å²) < 4.78 is 2.13. The summed E-state index contributed by atoms with van der Waals surface area (Å²) in [5, 5.41) is 4.46. The molecule has 3 nitrogen and oxygen atoms in total. The van der Waals surface area contributed by atoms with E-state index in [-0.39, 0.29) is 11.6 Å². The smallest absolute Gasteiger partial charge is 0.0546 e. The quantitative estimate of drug-likeness (QED) is 0.684. The molecule has 1 aliphatic rings. The number of hydrogen-bond donors (Lipinski definition) is 1. The topological polar surface area (TPSA) is 43.8 Å². The van der Waals surface area contributed by atoms with Crippen LogP contribution in [0.5, 0.6) is 0 Å². The van der Waals surface area contributed by atoms with E-state index in [2.05, 4.69) is 30.6 Å². The van der Waals surface area contributed by atoms with Gasteiger partial charge < -0.3 is 5.73 Å². The van der Waals surface area contributed by atoms with Gasteiger partial charge in [0.15, 0.2) is 0 Å². The average molecular weight is 193 g/mol. The molecule has 2 rings (SSSR count). The van der Waals surface area contributed by atoms with Gasteiger partial charge in [-0.2, -0.15) is 5.10 Å². The maximum atomic E-state index is 6.05. The van der Waals surface area contributed by atoms with Crippen molar-refractivity contribution in [1.29, 1.82) is 0 Å². The zero-order valence-electron chi connectivity index (χ0n) is 9.25. The van der Waals surface area contributed by atoms with Crippen LogP contribution in [0.2, 0.25) is 0 Å². The summed E-state index contributed by atoms with van der Waals surface area (Å²) in [5.41, 5.74) is 8.72. The fourth-order valence-corrected chi connectivity index (χ4v) is 2.17. The minimum Gasteiger partial charge on any atom is -0.324 e. The third-order valence-electron chi connectivity index (χ3n) is 2.86. The highest BCUT2D eigenvalue weighted by atomic mass is 15.3. The molecule has 14 heavy (non-hydrogen) atoms. The van der Waals surface area contributed by atoms with Crippen molar-refractivity contribution in [3.05, 3.63) is 17.5 Å². The minimum atomic E-state index is 0.0741. The van der Waals surface area contributed by atoms with Crippen LogP contribution in [0, 0.1) is 0 Å². The summed E-state index contributed by atoms with van der Waals surface area (Å²) in [6.07, 6.45) is 5.36. The van der Waals surface area contributed by atoms with E-state index in [0.29, 0.717) is 0 Å². The Morgan fingerprint density at radius 2 is 2.21 bits per heavy atom. The van der Waals surface area contributed by atoms with Crippen molar-refractivity contribution in [3.63, 3.8) is 0 Å². The molecule has 0 spiro atoms. The summed E-state index contributed by atoms with van der Waals surface area (Å²) in [4.78, 5) is 0. The molecule has 0 amide bonds. The van der Waals surface area contributed by atoms with Gasteiger partial charge in [0, 0.05) is 17.3 Å². The van der Waals surface area contributed by atoms with E-state index in [1.807, 2.05) is 6.20 Å². The molecule has 0 fully saturated rings. The molecule has 1 aromatic rings. The van der Waals surface area contributed by atoms with Crippen molar-refractivity contribution < 1.29 is 0 Å². The second kappa shape index (κ2) is 3.09. The molecule has 2 N–H and O–H groups in total. The van der Waals surface area contributed by atoms with Crippen molar-refractivity contribution >= 4 is 0 Å². The summed E-state index contributed by atoms with van der Waals surface area (Å²) in [7, 11) is 0. The van der Waals surface area contributed by atoms with Crippen LogP contribution in [-0.4, -0.2) is 9.78 Å². The second-order valence-corrected chi connectivity index (χ2v) is 5.13. The molecule has 0 bridgehead atoms. The fraction of sp³-hybridized carbons (Fsp3) is 0.727. The van der Waals surface area contributed by atoms with Crippen LogP contribution in [0.25, 0.3) is 0 Å². The van der Waals surface area contributed by atoms with E-state index in [4.69, 9.17) is 5.73 Å². The third-order valence-corrected chi connectivity index (χ3v) is 2.86. The normalized spacial score (nSPS) is 22.1. The lowest BCUT2D eigenvalue weighted by Gasteiger charge is -2.26. The number of rotatable bonds is 0. The minimum absolute atomic E-state index is 0.0741. The van der Waals surface area contributed by atoms with Crippen LogP contribution in [0.3, 0.4) is 0 Å². The Labute approximate surface area is 85.3 Å². The van der Waals surface area contributed by atoms with Crippen LogP contribution in [0.4, 0.5) is 0 Å². The summed E-state index contributed by atoms with van der Waals surface area (Å²) in [5.74, 6) is 0. The Morgan fingerprint density at radius 3 is 2.86 bits per heavy atom. The van der Waals surface area contributed by atoms with E-state index in [9.17, 15) is 0 Å². The Bertz CT molecular complexity index is 333. The zero-order valence-corrected chi connectivity index (χ0v) is 9.25. The van der Waals surface area contributed by atoms with Gasteiger partial charge in [0.25, 0.3) is 0 Å². The van der Waals surface area contributed by atoms with Gasteiger partial charge in [0.1, 0.15) is 0 Å². The predicted molar refractivity (Wildman–Crippen MR) is 57.1 cm³/mol. The van der Waals surface area contributed by atoms with E-state index in [1.54, 1.807) is 0 Å². The van der Waals surface area contributed by atoms with Gasteiger partial charge in [0.2, 0.25) is 0 Å². The maximum absolute atomic E-state index is 6.05. The Kier molecular flexibility index (Phi) is 2.14. The van der Waals surface area contributed by atoms with E-state index in [1.165, 1.54) is 17.7 Å². The molecule has 1 atom stereocenters. The lowest BCUT2D eigenvalue weighted by Crippen LogP contribution is -2.27. The molecule has 3 heteroatoms. The highest BCUT2D eigenvalue weighted by Crippen LogP contribution is 2.30. The fourth-order valence-electron chi connectivity index (χ4n) is 2.17. The number of nitrogens with zero attached hydrogens (tertiary/aromatic N) is 2. The number of aromatic nitrogens is 2. The molecular weight excluding hydrogens is 174 g/mol.